The molecule has 2 rings (SSSR count). The van der Waals surface area contributed by atoms with Crippen LogP contribution in [0.4, 0.5) is 0 Å². The molecule has 0 aliphatic rings. The fourth-order valence-electron chi connectivity index (χ4n) is 4.13. The predicted octanol–water partition coefficient (Wildman–Crippen LogP) is 9.64. The van der Waals surface area contributed by atoms with Crippen LogP contribution in [-0.2, 0) is 21.7 Å². The molecule has 0 amide bonds. The highest BCUT2D eigenvalue weighted by Crippen LogP contribution is 2.43. The van der Waals surface area contributed by atoms with E-state index in [1.807, 2.05) is 11.8 Å². The van der Waals surface area contributed by atoms with Crippen LogP contribution in [0.1, 0.15) is 116 Å². The van der Waals surface area contributed by atoms with Gasteiger partial charge in [0.1, 0.15) is 0 Å². The molecule has 0 saturated carbocycles. The summed E-state index contributed by atoms with van der Waals surface area (Å²) in [5.74, 6) is 0. The zero-order valence-electron chi connectivity index (χ0n) is 22.7. The van der Waals surface area contributed by atoms with Crippen LogP contribution in [0.5, 0.6) is 0 Å². The second-order valence-corrected chi connectivity index (χ2v) is 14.5. The molecule has 0 nitrogen and oxygen atoms in total. The van der Waals surface area contributed by atoms with Gasteiger partial charge in [0.05, 0.1) is 0 Å². The predicted molar refractivity (Wildman–Crippen MR) is 141 cm³/mol. The van der Waals surface area contributed by atoms with E-state index in [1.54, 1.807) is 0 Å². The lowest BCUT2D eigenvalue weighted by Gasteiger charge is -2.30. The Morgan fingerprint density at radius 3 is 0.968 bits per heavy atom. The highest BCUT2D eigenvalue weighted by Gasteiger charge is 2.26. The van der Waals surface area contributed by atoms with Crippen molar-refractivity contribution in [3.8, 4) is 0 Å². The van der Waals surface area contributed by atoms with Gasteiger partial charge in [-0.15, -0.1) is 0 Å². The van der Waals surface area contributed by atoms with E-state index in [2.05, 4.69) is 121 Å². The Morgan fingerprint density at radius 1 is 0.452 bits per heavy atom. The average Bonchev–Trinajstić information content (AvgIpc) is 2.53. The van der Waals surface area contributed by atoms with Gasteiger partial charge in [-0.2, -0.15) is 0 Å². The van der Waals surface area contributed by atoms with E-state index in [-0.39, 0.29) is 21.7 Å². The van der Waals surface area contributed by atoms with Gasteiger partial charge in [-0.3, -0.25) is 0 Å². The van der Waals surface area contributed by atoms with Crippen molar-refractivity contribution >= 4 is 11.8 Å². The molecule has 0 unspecified atom stereocenters. The normalized spacial score (nSPS) is 13.6. The summed E-state index contributed by atoms with van der Waals surface area (Å²) in [6, 6.07) is 9.77. The first-order chi connectivity index (χ1) is 13.7. The lowest BCUT2D eigenvalue weighted by Crippen LogP contribution is -2.19. The molecule has 2 aromatic rings. The standard InChI is InChI=1S/C30H46S/c1-19-23(29(9,10)11)15-21(27(3,4)5)17-25(19)31-26-18-22(28(6,7)8)16-24(20(26)2)30(12,13)14/h15-18H,1-14H3. The Kier molecular flexibility index (Phi) is 6.96. The molecule has 2 aromatic carbocycles. The van der Waals surface area contributed by atoms with Gasteiger partial charge in [-0.25, -0.2) is 0 Å². The SMILES string of the molecule is Cc1c(Sc2cc(C(C)(C)C)cc(C(C)(C)C)c2C)cc(C(C)(C)C)cc1C(C)(C)C. The minimum Gasteiger partial charge on any atom is -0.0895 e. The van der Waals surface area contributed by atoms with Crippen LogP contribution in [0, 0.1) is 13.8 Å². The number of benzene rings is 2. The van der Waals surface area contributed by atoms with Gasteiger partial charge in [0.25, 0.3) is 0 Å². The maximum absolute atomic E-state index is 2.44. The molecule has 0 N–H and O–H groups in total. The van der Waals surface area contributed by atoms with E-state index in [0.717, 1.165) is 0 Å². The largest absolute Gasteiger partial charge is 0.0895 e. The Hall–Kier alpha value is -1.21. The Morgan fingerprint density at radius 2 is 0.742 bits per heavy atom. The van der Waals surface area contributed by atoms with E-state index < -0.39 is 0 Å². The first-order valence-corrected chi connectivity index (χ1v) is 12.5. The molecule has 172 valence electrons. The second-order valence-electron chi connectivity index (χ2n) is 13.4. The first kappa shape index (κ1) is 26.0. The van der Waals surface area contributed by atoms with Crippen LogP contribution in [0.2, 0.25) is 0 Å². The molecule has 1 heteroatoms. The topological polar surface area (TPSA) is 0 Å². The lowest BCUT2D eigenvalue weighted by molar-refractivity contribution is 0.562. The summed E-state index contributed by atoms with van der Waals surface area (Å²) in [6.07, 6.45) is 0. The van der Waals surface area contributed by atoms with Crippen molar-refractivity contribution in [2.75, 3.05) is 0 Å². The second kappa shape index (κ2) is 8.29. The third-order valence-electron chi connectivity index (χ3n) is 6.29. The summed E-state index contributed by atoms with van der Waals surface area (Å²) in [6.45, 7) is 32.5. The van der Waals surface area contributed by atoms with Crippen molar-refractivity contribution in [3.63, 3.8) is 0 Å². The van der Waals surface area contributed by atoms with E-state index in [0.29, 0.717) is 0 Å². The van der Waals surface area contributed by atoms with Gasteiger partial charge in [0.2, 0.25) is 0 Å². The van der Waals surface area contributed by atoms with Gasteiger partial charge in [-0.05, 0) is 81.0 Å². The number of hydrogen-bond donors (Lipinski definition) is 0. The van der Waals surface area contributed by atoms with Crippen LogP contribution in [0.15, 0.2) is 34.1 Å². The summed E-state index contributed by atoms with van der Waals surface area (Å²) in [5.41, 5.74) is 9.11. The first-order valence-electron chi connectivity index (χ1n) is 11.7. The van der Waals surface area contributed by atoms with E-state index in [4.69, 9.17) is 0 Å². The van der Waals surface area contributed by atoms with Gasteiger partial charge >= 0.3 is 0 Å². The van der Waals surface area contributed by atoms with Crippen molar-refractivity contribution in [2.45, 2.75) is 128 Å². The van der Waals surface area contributed by atoms with Crippen molar-refractivity contribution < 1.29 is 0 Å². The molecular weight excluding hydrogens is 392 g/mol. The van der Waals surface area contributed by atoms with Crippen molar-refractivity contribution in [1.82, 2.24) is 0 Å². The maximum Gasteiger partial charge on any atom is 0.0157 e. The maximum atomic E-state index is 2.44. The van der Waals surface area contributed by atoms with Gasteiger partial charge in [0, 0.05) is 9.79 Å². The van der Waals surface area contributed by atoms with E-state index in [1.165, 1.54) is 43.2 Å². The Balaban J connectivity index is 2.78. The monoisotopic (exact) mass is 438 g/mol. The minimum absolute atomic E-state index is 0.125. The van der Waals surface area contributed by atoms with Crippen molar-refractivity contribution in [2.24, 2.45) is 0 Å². The van der Waals surface area contributed by atoms with E-state index >= 15 is 0 Å². The van der Waals surface area contributed by atoms with Crippen LogP contribution in [0.25, 0.3) is 0 Å². The highest BCUT2D eigenvalue weighted by molar-refractivity contribution is 7.99. The fourth-order valence-corrected chi connectivity index (χ4v) is 5.26. The zero-order chi connectivity index (χ0) is 24.2. The molecule has 0 spiro atoms. The summed E-state index contributed by atoms with van der Waals surface area (Å²) < 4.78 is 0. The van der Waals surface area contributed by atoms with Crippen molar-refractivity contribution in [1.29, 1.82) is 0 Å². The molecule has 0 heterocycles. The average molecular weight is 439 g/mol. The highest BCUT2D eigenvalue weighted by atomic mass is 32.2. The number of rotatable bonds is 2. The summed E-state index contributed by atoms with van der Waals surface area (Å²) in [5, 5.41) is 0. The summed E-state index contributed by atoms with van der Waals surface area (Å²) in [4.78, 5) is 2.79. The van der Waals surface area contributed by atoms with Gasteiger partial charge in [0.15, 0.2) is 0 Å². The van der Waals surface area contributed by atoms with Crippen molar-refractivity contribution in [3.05, 3.63) is 57.6 Å². The molecule has 0 atom stereocenters. The molecular formula is C30H46S. The Bertz CT molecular complexity index is 869. The smallest absolute Gasteiger partial charge is 0.0157 e. The molecule has 0 aliphatic heterocycles. The van der Waals surface area contributed by atoms with Crippen LogP contribution in [-0.4, -0.2) is 0 Å². The van der Waals surface area contributed by atoms with Crippen LogP contribution in [0.3, 0.4) is 0 Å². The molecule has 0 aliphatic carbocycles. The van der Waals surface area contributed by atoms with Gasteiger partial charge in [-0.1, -0.05) is 107 Å². The quantitative estimate of drug-likeness (QED) is 0.449. The molecule has 0 radical (unpaired) electrons. The van der Waals surface area contributed by atoms with E-state index in [9.17, 15) is 0 Å². The molecule has 31 heavy (non-hydrogen) atoms. The third kappa shape index (κ3) is 5.98. The molecule has 0 saturated heterocycles. The zero-order valence-corrected chi connectivity index (χ0v) is 23.5. The summed E-state index contributed by atoms with van der Waals surface area (Å²) in [7, 11) is 0. The molecule has 0 bridgehead atoms. The van der Waals surface area contributed by atoms with Gasteiger partial charge < -0.3 is 0 Å². The van der Waals surface area contributed by atoms with Crippen LogP contribution < -0.4 is 0 Å². The molecule has 0 aromatic heterocycles. The Labute approximate surface area is 197 Å². The fraction of sp³-hybridized carbons (Fsp3) is 0.600. The van der Waals surface area contributed by atoms with Crippen LogP contribution >= 0.6 is 11.8 Å². The minimum atomic E-state index is 0.125. The summed E-state index contributed by atoms with van der Waals surface area (Å²) >= 11 is 1.96. The number of hydrogen-bond acceptors (Lipinski definition) is 1. The lowest BCUT2D eigenvalue weighted by atomic mass is 9.78. The molecule has 0 fully saturated rings. The third-order valence-corrected chi connectivity index (χ3v) is 7.58.